The highest BCUT2D eigenvalue weighted by molar-refractivity contribution is 5.82. The topological polar surface area (TPSA) is 96.9 Å². The van der Waals surface area contributed by atoms with E-state index in [9.17, 15) is 9.59 Å². The average Bonchev–Trinajstić information content (AvgIpc) is 2.51. The Bertz CT molecular complexity index is 545. The Labute approximate surface area is 136 Å². The van der Waals surface area contributed by atoms with Crippen molar-refractivity contribution in [2.75, 3.05) is 14.2 Å². The number of hydrogen-bond acceptors (Lipinski definition) is 4. The van der Waals surface area contributed by atoms with Crippen molar-refractivity contribution in [1.29, 1.82) is 0 Å². The molecule has 0 saturated carbocycles. The molecule has 0 aliphatic carbocycles. The molecule has 0 radical (unpaired) electrons. The molecule has 1 atom stereocenters. The third kappa shape index (κ3) is 6.06. The molecule has 0 saturated heterocycles. The van der Waals surface area contributed by atoms with Crippen LogP contribution in [0.1, 0.15) is 25.8 Å². The zero-order chi connectivity index (χ0) is 17.4. The molecule has 0 fully saturated rings. The minimum atomic E-state index is -1.05. The van der Waals surface area contributed by atoms with E-state index in [0.29, 0.717) is 17.9 Å². The van der Waals surface area contributed by atoms with Crippen molar-refractivity contribution < 1.29 is 24.2 Å². The van der Waals surface area contributed by atoms with Crippen LogP contribution < -0.4 is 20.1 Å². The minimum absolute atomic E-state index is 0.165. The van der Waals surface area contributed by atoms with E-state index in [1.165, 1.54) is 7.11 Å². The van der Waals surface area contributed by atoms with E-state index >= 15 is 0 Å². The number of hydrogen-bond donors (Lipinski definition) is 3. The zero-order valence-electron chi connectivity index (χ0n) is 13.9. The number of methoxy groups -OCH3 is 2. The van der Waals surface area contributed by atoms with Gasteiger partial charge < -0.3 is 25.2 Å². The number of carboxylic acid groups (broad SMARTS) is 1. The maximum atomic E-state index is 11.9. The van der Waals surface area contributed by atoms with E-state index in [0.717, 1.165) is 5.56 Å². The van der Waals surface area contributed by atoms with Gasteiger partial charge in [-0.25, -0.2) is 9.59 Å². The van der Waals surface area contributed by atoms with Gasteiger partial charge in [0.2, 0.25) is 0 Å². The molecule has 23 heavy (non-hydrogen) atoms. The molecule has 7 heteroatoms. The van der Waals surface area contributed by atoms with Gasteiger partial charge in [-0.3, -0.25) is 0 Å². The maximum absolute atomic E-state index is 11.9. The highest BCUT2D eigenvalue weighted by Gasteiger charge is 2.21. The summed E-state index contributed by atoms with van der Waals surface area (Å²) in [5.41, 5.74) is 0.763. The second kappa shape index (κ2) is 8.87. The van der Waals surface area contributed by atoms with Crippen LogP contribution in [0.2, 0.25) is 0 Å². The summed E-state index contributed by atoms with van der Waals surface area (Å²) in [7, 11) is 3.09. The van der Waals surface area contributed by atoms with Gasteiger partial charge in [0.15, 0.2) is 0 Å². The molecular weight excluding hydrogens is 300 g/mol. The first kappa shape index (κ1) is 18.6. The molecule has 7 nitrogen and oxygen atoms in total. The predicted molar refractivity (Wildman–Crippen MR) is 85.8 cm³/mol. The largest absolute Gasteiger partial charge is 0.497 e. The maximum Gasteiger partial charge on any atom is 0.326 e. The molecule has 0 aliphatic heterocycles. The molecule has 0 heterocycles. The van der Waals surface area contributed by atoms with Crippen LogP contribution in [0.15, 0.2) is 18.2 Å². The quantitative estimate of drug-likeness (QED) is 0.679. The fourth-order valence-electron chi connectivity index (χ4n) is 2.08. The Kier molecular flexibility index (Phi) is 7.18. The monoisotopic (exact) mass is 324 g/mol. The zero-order valence-corrected chi connectivity index (χ0v) is 13.9. The summed E-state index contributed by atoms with van der Waals surface area (Å²) in [4.78, 5) is 23.0. The number of ether oxygens (including phenoxy) is 2. The summed E-state index contributed by atoms with van der Waals surface area (Å²) in [6.07, 6.45) is 0.370. The first-order valence-corrected chi connectivity index (χ1v) is 7.35. The van der Waals surface area contributed by atoms with E-state index in [4.69, 9.17) is 14.6 Å². The molecule has 0 aliphatic rings. The lowest BCUT2D eigenvalue weighted by molar-refractivity contribution is -0.139. The standard InChI is InChI=1S/C16H24N2O5/c1-10(2)7-13(15(19)20)18-16(21)17-9-11-5-6-12(22-3)8-14(11)23-4/h5-6,8,10,13H,7,9H2,1-4H3,(H,19,20)(H2,17,18,21)/t13-/m0/s1. The lowest BCUT2D eigenvalue weighted by atomic mass is 10.0. The number of carbonyl (C=O) groups excluding carboxylic acids is 1. The molecule has 0 unspecified atom stereocenters. The van der Waals surface area contributed by atoms with Gasteiger partial charge in [-0.15, -0.1) is 0 Å². The Hall–Kier alpha value is -2.44. The van der Waals surface area contributed by atoms with Crippen molar-refractivity contribution in [1.82, 2.24) is 10.6 Å². The third-order valence-corrected chi connectivity index (χ3v) is 3.24. The van der Waals surface area contributed by atoms with Crippen molar-refractivity contribution in [2.24, 2.45) is 5.92 Å². The SMILES string of the molecule is COc1ccc(CNC(=O)N[C@@H](CC(C)C)C(=O)O)c(OC)c1. The second-order valence-corrected chi connectivity index (χ2v) is 5.53. The van der Waals surface area contributed by atoms with Crippen LogP contribution >= 0.6 is 0 Å². The fraction of sp³-hybridized carbons (Fsp3) is 0.500. The summed E-state index contributed by atoms with van der Waals surface area (Å²) in [5.74, 6) is 0.355. The molecule has 128 valence electrons. The highest BCUT2D eigenvalue weighted by Crippen LogP contribution is 2.24. The lowest BCUT2D eigenvalue weighted by Gasteiger charge is -2.17. The van der Waals surface area contributed by atoms with E-state index in [-0.39, 0.29) is 12.5 Å². The molecule has 3 N–H and O–H groups in total. The summed E-state index contributed by atoms with van der Waals surface area (Å²) in [6.45, 7) is 4.02. The van der Waals surface area contributed by atoms with Crippen molar-refractivity contribution in [2.45, 2.75) is 32.9 Å². The van der Waals surface area contributed by atoms with Crippen LogP contribution in [-0.4, -0.2) is 37.4 Å². The smallest absolute Gasteiger partial charge is 0.326 e. The lowest BCUT2D eigenvalue weighted by Crippen LogP contribution is -2.46. The average molecular weight is 324 g/mol. The molecule has 1 aromatic rings. The third-order valence-electron chi connectivity index (χ3n) is 3.24. The van der Waals surface area contributed by atoms with Gasteiger partial charge in [0, 0.05) is 18.2 Å². The van der Waals surface area contributed by atoms with Crippen LogP contribution in [0.25, 0.3) is 0 Å². The first-order chi connectivity index (χ1) is 10.9. The Morgan fingerprint density at radius 3 is 2.43 bits per heavy atom. The Morgan fingerprint density at radius 1 is 1.22 bits per heavy atom. The van der Waals surface area contributed by atoms with Gasteiger partial charge in [0.05, 0.1) is 14.2 Å². The number of benzene rings is 1. The number of amides is 2. The van der Waals surface area contributed by atoms with Crippen LogP contribution in [-0.2, 0) is 11.3 Å². The van der Waals surface area contributed by atoms with Crippen LogP contribution in [0, 0.1) is 5.92 Å². The molecule has 0 bridgehead atoms. The van der Waals surface area contributed by atoms with Gasteiger partial charge in [-0.1, -0.05) is 13.8 Å². The van der Waals surface area contributed by atoms with E-state index in [1.807, 2.05) is 13.8 Å². The molecular formula is C16H24N2O5. The summed E-state index contributed by atoms with van der Waals surface area (Å²) >= 11 is 0. The molecule has 2 amide bonds. The van der Waals surface area contributed by atoms with Crippen LogP contribution in [0.3, 0.4) is 0 Å². The van der Waals surface area contributed by atoms with Crippen molar-refractivity contribution in [3.8, 4) is 11.5 Å². The number of aliphatic carboxylic acids is 1. The Morgan fingerprint density at radius 2 is 1.91 bits per heavy atom. The molecule has 0 aromatic heterocycles. The van der Waals surface area contributed by atoms with Gasteiger partial charge in [0.1, 0.15) is 17.5 Å². The predicted octanol–water partition coefficient (Wildman–Crippen LogP) is 2.00. The van der Waals surface area contributed by atoms with Crippen molar-refractivity contribution in [3.63, 3.8) is 0 Å². The van der Waals surface area contributed by atoms with Gasteiger partial charge in [-0.05, 0) is 24.5 Å². The van der Waals surface area contributed by atoms with Crippen molar-refractivity contribution >= 4 is 12.0 Å². The Balaban J connectivity index is 2.63. The first-order valence-electron chi connectivity index (χ1n) is 7.35. The molecule has 0 spiro atoms. The van der Waals surface area contributed by atoms with Crippen LogP contribution in [0.4, 0.5) is 4.79 Å². The fourth-order valence-corrected chi connectivity index (χ4v) is 2.08. The summed E-state index contributed by atoms with van der Waals surface area (Å²) < 4.78 is 10.4. The van der Waals surface area contributed by atoms with Gasteiger partial charge in [-0.2, -0.15) is 0 Å². The minimum Gasteiger partial charge on any atom is -0.497 e. The molecule has 1 aromatic carbocycles. The summed E-state index contributed by atoms with van der Waals surface area (Å²) in [6, 6.07) is 3.81. The number of nitrogens with one attached hydrogen (secondary N) is 2. The second-order valence-electron chi connectivity index (χ2n) is 5.53. The number of carboxylic acids is 1. The number of rotatable bonds is 8. The summed E-state index contributed by atoms with van der Waals surface area (Å²) in [5, 5.41) is 14.2. The number of carbonyl (C=O) groups is 2. The van der Waals surface area contributed by atoms with E-state index < -0.39 is 18.0 Å². The van der Waals surface area contributed by atoms with Gasteiger partial charge in [0.25, 0.3) is 0 Å². The van der Waals surface area contributed by atoms with E-state index in [2.05, 4.69) is 10.6 Å². The van der Waals surface area contributed by atoms with Gasteiger partial charge >= 0.3 is 12.0 Å². The van der Waals surface area contributed by atoms with Crippen molar-refractivity contribution in [3.05, 3.63) is 23.8 Å². The highest BCUT2D eigenvalue weighted by atomic mass is 16.5. The van der Waals surface area contributed by atoms with E-state index in [1.54, 1.807) is 25.3 Å². The van der Waals surface area contributed by atoms with Crippen LogP contribution in [0.5, 0.6) is 11.5 Å². The normalized spacial score (nSPS) is 11.7. The number of urea groups is 1. The molecule has 1 rings (SSSR count).